The quantitative estimate of drug-likeness (QED) is 0.699. The molecular formula is C18H19N4O2+. The minimum Gasteiger partial charge on any atom is -0.414 e. The Bertz CT molecular complexity index is 888. The second kappa shape index (κ2) is 4.88. The zero-order valence-electron chi connectivity index (χ0n) is 13.9. The third kappa shape index (κ3) is 2.11. The Morgan fingerprint density at radius 1 is 1.29 bits per heavy atom. The Morgan fingerprint density at radius 3 is 2.88 bits per heavy atom. The predicted molar refractivity (Wildman–Crippen MR) is 89.4 cm³/mol. The van der Waals surface area contributed by atoms with E-state index in [4.69, 9.17) is 4.74 Å². The van der Waals surface area contributed by atoms with Gasteiger partial charge in [-0.2, -0.15) is 9.79 Å². The maximum atomic E-state index is 13.1. The number of quaternary nitrogens is 1. The van der Waals surface area contributed by atoms with Crippen molar-refractivity contribution >= 4 is 11.9 Å². The van der Waals surface area contributed by atoms with Crippen molar-refractivity contribution in [1.82, 2.24) is 9.55 Å². The van der Waals surface area contributed by atoms with Crippen molar-refractivity contribution in [2.45, 2.75) is 32.9 Å². The first-order valence-corrected chi connectivity index (χ1v) is 7.89. The molecule has 6 heteroatoms. The van der Waals surface area contributed by atoms with Crippen molar-refractivity contribution in [3.8, 4) is 5.69 Å². The highest BCUT2D eigenvalue weighted by atomic mass is 16.6. The number of amidine groups is 1. The summed E-state index contributed by atoms with van der Waals surface area (Å²) in [6.45, 7) is 6.03. The van der Waals surface area contributed by atoms with E-state index >= 15 is 0 Å². The number of amides is 1. The molecule has 1 unspecified atom stereocenters. The molecule has 4 rings (SSSR count). The molecule has 122 valence electrons. The number of rotatable bonds is 0. The average Bonchev–Trinajstić information content (AvgIpc) is 3.12. The molecule has 2 aliphatic heterocycles. The van der Waals surface area contributed by atoms with Crippen LogP contribution in [0.15, 0.2) is 54.2 Å². The summed E-state index contributed by atoms with van der Waals surface area (Å²) in [7, 11) is 0. The fraction of sp³-hybridized carbons (Fsp3) is 0.278. The number of benzene rings is 1. The van der Waals surface area contributed by atoms with Gasteiger partial charge in [-0.05, 0) is 32.9 Å². The highest BCUT2D eigenvalue weighted by Crippen LogP contribution is 2.34. The monoisotopic (exact) mass is 323 g/mol. The molecule has 0 saturated heterocycles. The largest absolute Gasteiger partial charge is 0.528 e. The lowest BCUT2D eigenvalue weighted by Gasteiger charge is -2.30. The van der Waals surface area contributed by atoms with E-state index in [-0.39, 0.29) is 10.6 Å². The number of hydrogen-bond acceptors (Lipinski definition) is 4. The Hall–Kier alpha value is -2.73. The first kappa shape index (κ1) is 14.8. The van der Waals surface area contributed by atoms with Gasteiger partial charge in [-0.3, -0.25) is 4.57 Å². The molecule has 0 aliphatic carbocycles. The summed E-state index contributed by atoms with van der Waals surface area (Å²) in [5.41, 5.74) is 2.24. The molecule has 1 amide bonds. The molecule has 1 aromatic heterocycles. The minimum absolute atomic E-state index is 0.0834. The van der Waals surface area contributed by atoms with Gasteiger partial charge in [0.15, 0.2) is 0 Å². The lowest BCUT2D eigenvalue weighted by Crippen LogP contribution is -2.52. The van der Waals surface area contributed by atoms with Gasteiger partial charge in [-0.1, -0.05) is 12.1 Å². The fourth-order valence-corrected chi connectivity index (χ4v) is 3.14. The van der Waals surface area contributed by atoms with Crippen LogP contribution in [0.2, 0.25) is 0 Å². The van der Waals surface area contributed by atoms with E-state index in [2.05, 4.69) is 9.98 Å². The maximum Gasteiger partial charge on any atom is 0.528 e. The van der Waals surface area contributed by atoms with Crippen LogP contribution in [0.4, 0.5) is 4.79 Å². The number of carbonyl (C=O) groups excluding carboxylic acids is 1. The van der Waals surface area contributed by atoms with E-state index in [0.717, 1.165) is 16.9 Å². The van der Waals surface area contributed by atoms with Crippen LogP contribution in [0.5, 0.6) is 0 Å². The summed E-state index contributed by atoms with van der Waals surface area (Å²) in [5, 5.41) is 0. The van der Waals surface area contributed by atoms with Crippen LogP contribution in [-0.2, 0) is 11.3 Å². The summed E-state index contributed by atoms with van der Waals surface area (Å²) >= 11 is 0. The second-order valence-electron chi connectivity index (χ2n) is 7.03. The topological polar surface area (TPSA) is 56.5 Å². The SMILES string of the molecule is CC(C)(C)OC(=O)[N+]12C=CN=C1c1ccccc1-n1cncc1C2. The maximum absolute atomic E-state index is 13.1. The van der Waals surface area contributed by atoms with Gasteiger partial charge >= 0.3 is 6.09 Å². The highest BCUT2D eigenvalue weighted by molar-refractivity contribution is 6.03. The van der Waals surface area contributed by atoms with E-state index in [1.54, 1.807) is 24.9 Å². The molecule has 3 heterocycles. The van der Waals surface area contributed by atoms with Crippen molar-refractivity contribution in [3.05, 3.63) is 60.4 Å². The first-order chi connectivity index (χ1) is 11.4. The number of para-hydroxylation sites is 1. The van der Waals surface area contributed by atoms with Crippen molar-refractivity contribution in [2.75, 3.05) is 0 Å². The Balaban J connectivity index is 1.92. The Labute approximate surface area is 140 Å². The molecule has 0 radical (unpaired) electrons. The van der Waals surface area contributed by atoms with Crippen LogP contribution in [0, 0.1) is 0 Å². The van der Waals surface area contributed by atoms with Gasteiger partial charge in [-0.15, -0.1) is 4.48 Å². The zero-order chi connectivity index (χ0) is 16.9. The van der Waals surface area contributed by atoms with Crippen molar-refractivity contribution < 1.29 is 14.0 Å². The predicted octanol–water partition coefficient (Wildman–Crippen LogP) is 3.37. The number of ether oxygens (including phenoxy) is 1. The molecule has 0 N–H and O–H groups in total. The van der Waals surface area contributed by atoms with E-state index in [9.17, 15) is 4.79 Å². The first-order valence-electron chi connectivity index (χ1n) is 7.89. The number of aromatic nitrogens is 2. The summed E-state index contributed by atoms with van der Waals surface area (Å²) in [6, 6.07) is 7.91. The van der Waals surface area contributed by atoms with Crippen molar-refractivity contribution in [1.29, 1.82) is 0 Å². The second-order valence-corrected chi connectivity index (χ2v) is 7.03. The number of fused-ring (bicyclic) bond motifs is 5. The van der Waals surface area contributed by atoms with Crippen LogP contribution in [-0.4, -0.2) is 31.6 Å². The highest BCUT2D eigenvalue weighted by Gasteiger charge is 2.50. The van der Waals surface area contributed by atoms with Crippen LogP contribution in [0.1, 0.15) is 32.0 Å². The number of imidazole rings is 1. The molecule has 6 nitrogen and oxygen atoms in total. The Morgan fingerprint density at radius 2 is 2.08 bits per heavy atom. The summed E-state index contributed by atoms with van der Waals surface area (Å²) in [6.07, 6.45) is 6.70. The molecular weight excluding hydrogens is 304 g/mol. The van der Waals surface area contributed by atoms with E-state index in [1.165, 1.54) is 0 Å². The summed E-state index contributed by atoms with van der Waals surface area (Å²) < 4.78 is 7.64. The molecule has 1 aromatic carbocycles. The molecule has 2 aliphatic rings. The van der Waals surface area contributed by atoms with Gasteiger partial charge in [0.25, 0.3) is 5.84 Å². The van der Waals surface area contributed by atoms with Crippen molar-refractivity contribution in [3.63, 3.8) is 0 Å². The number of aliphatic imine (C=N–C) groups is 1. The fourth-order valence-electron chi connectivity index (χ4n) is 3.14. The zero-order valence-corrected chi connectivity index (χ0v) is 13.9. The molecule has 0 bridgehead atoms. The average molecular weight is 323 g/mol. The van der Waals surface area contributed by atoms with E-state index in [0.29, 0.717) is 12.4 Å². The molecule has 2 aromatic rings. The third-order valence-electron chi connectivity index (χ3n) is 4.15. The lowest BCUT2D eigenvalue weighted by atomic mass is 10.1. The standard InChI is InChI=1S/C18H19N4O2/c1-18(2,3)24-17(23)22-9-8-20-16(22)14-6-4-5-7-15(14)21-12-19-10-13(21)11-22/h4-10,12H,11H2,1-3H3/q+1. The molecule has 0 saturated carbocycles. The van der Waals surface area contributed by atoms with Gasteiger partial charge < -0.3 is 4.74 Å². The number of nitrogens with zero attached hydrogens (tertiary/aromatic N) is 4. The van der Waals surface area contributed by atoms with E-state index in [1.807, 2.05) is 49.6 Å². The number of carbonyl (C=O) groups is 1. The lowest BCUT2D eigenvalue weighted by molar-refractivity contribution is -0.724. The van der Waals surface area contributed by atoms with Gasteiger partial charge in [0.2, 0.25) is 0 Å². The normalized spacial score (nSPS) is 21.4. The summed E-state index contributed by atoms with van der Waals surface area (Å²) in [5.74, 6) is 0.684. The molecule has 24 heavy (non-hydrogen) atoms. The summed E-state index contributed by atoms with van der Waals surface area (Å²) in [4.78, 5) is 21.9. The molecule has 1 atom stereocenters. The molecule has 0 spiro atoms. The molecule has 0 fully saturated rings. The van der Waals surface area contributed by atoms with Gasteiger partial charge in [0.05, 0.1) is 35.7 Å². The van der Waals surface area contributed by atoms with Crippen LogP contribution >= 0.6 is 0 Å². The van der Waals surface area contributed by atoms with Crippen molar-refractivity contribution in [2.24, 2.45) is 4.99 Å². The number of hydrogen-bond donors (Lipinski definition) is 0. The van der Waals surface area contributed by atoms with Crippen LogP contribution in [0.3, 0.4) is 0 Å². The van der Waals surface area contributed by atoms with Gasteiger partial charge in [0, 0.05) is 0 Å². The van der Waals surface area contributed by atoms with Gasteiger partial charge in [0.1, 0.15) is 18.3 Å². The van der Waals surface area contributed by atoms with Gasteiger partial charge in [-0.25, -0.2) is 4.98 Å². The Kier molecular flexibility index (Phi) is 3.02. The van der Waals surface area contributed by atoms with E-state index < -0.39 is 5.60 Å². The minimum atomic E-state index is -0.572. The van der Waals surface area contributed by atoms with Crippen LogP contribution < -0.4 is 0 Å². The smallest absolute Gasteiger partial charge is 0.414 e. The third-order valence-corrected chi connectivity index (χ3v) is 4.15. The van der Waals surface area contributed by atoms with Crippen LogP contribution in [0.25, 0.3) is 5.69 Å².